The van der Waals surface area contributed by atoms with Crippen molar-refractivity contribution in [1.29, 1.82) is 0 Å². The monoisotopic (exact) mass is 270 g/mol. The van der Waals surface area contributed by atoms with Crippen molar-refractivity contribution in [3.63, 3.8) is 0 Å². The first-order chi connectivity index (χ1) is 8.24. The molecule has 1 atom stereocenters. The molecule has 0 N–H and O–H groups in total. The summed E-state index contributed by atoms with van der Waals surface area (Å²) in [6, 6.07) is 9.79. The topological polar surface area (TPSA) is 26.3 Å². The highest BCUT2D eigenvalue weighted by Crippen LogP contribution is 2.16. The molecule has 0 aliphatic heterocycles. The normalized spacial score (nSPS) is 13.4. The van der Waals surface area contributed by atoms with Crippen molar-refractivity contribution in [2.45, 2.75) is 12.8 Å². The van der Waals surface area contributed by atoms with Gasteiger partial charge in [0, 0.05) is 6.26 Å². The summed E-state index contributed by atoms with van der Waals surface area (Å²) < 4.78 is 17.8. The Morgan fingerprint density at radius 2 is 2.12 bits per heavy atom. The maximum Gasteiger partial charge on any atom is 0.119 e. The van der Waals surface area contributed by atoms with E-state index in [1.165, 1.54) is 0 Å². The van der Waals surface area contributed by atoms with Crippen molar-refractivity contribution >= 4 is 22.6 Å². The van der Waals surface area contributed by atoms with Crippen molar-refractivity contribution in [1.82, 2.24) is 0 Å². The highest BCUT2D eigenvalue weighted by Gasteiger charge is 1.98. The number of rotatable bonds is 7. The highest BCUT2D eigenvalue weighted by molar-refractivity contribution is 8.15. The lowest BCUT2D eigenvalue weighted by atomic mass is 10.3. The summed E-state index contributed by atoms with van der Waals surface area (Å²) in [7, 11) is -0.862. The molecular formula is C13H18O2S2. The lowest BCUT2D eigenvalue weighted by Gasteiger charge is -2.04. The van der Waals surface area contributed by atoms with Crippen molar-refractivity contribution < 1.29 is 8.95 Å². The van der Waals surface area contributed by atoms with Crippen LogP contribution in [-0.4, -0.2) is 23.3 Å². The summed E-state index contributed by atoms with van der Waals surface area (Å²) >= 11 is 1.55. The third-order valence-electron chi connectivity index (χ3n) is 2.16. The van der Waals surface area contributed by atoms with E-state index in [4.69, 9.17) is 4.74 Å². The molecule has 0 radical (unpaired) electrons. The Balaban J connectivity index is 2.23. The molecule has 17 heavy (non-hydrogen) atoms. The van der Waals surface area contributed by atoms with Gasteiger partial charge in [0.25, 0.3) is 0 Å². The van der Waals surface area contributed by atoms with Crippen LogP contribution in [-0.2, 0) is 10.8 Å². The van der Waals surface area contributed by atoms with Gasteiger partial charge in [-0.15, -0.1) is 11.8 Å². The van der Waals surface area contributed by atoms with Crippen LogP contribution < -0.4 is 4.74 Å². The van der Waals surface area contributed by atoms with Crippen LogP contribution in [0.25, 0.3) is 0 Å². The lowest BCUT2D eigenvalue weighted by Crippen LogP contribution is -1.96. The van der Waals surface area contributed by atoms with E-state index in [0.717, 1.165) is 22.8 Å². The maximum absolute atomic E-state index is 11.3. The molecule has 0 amide bonds. The fourth-order valence-electron chi connectivity index (χ4n) is 1.33. The zero-order valence-electron chi connectivity index (χ0n) is 10.2. The van der Waals surface area contributed by atoms with Gasteiger partial charge < -0.3 is 4.74 Å². The SMILES string of the molecule is CS/C(=C\CCCOc1ccccc1)S(C)=O. The molecule has 0 bridgehead atoms. The number of allylic oxidation sites excluding steroid dienone is 1. The number of hydrogen-bond donors (Lipinski definition) is 0. The van der Waals surface area contributed by atoms with Crippen molar-refractivity contribution in [3.8, 4) is 5.75 Å². The second-order valence-electron chi connectivity index (χ2n) is 3.49. The first-order valence-corrected chi connectivity index (χ1v) is 8.27. The predicted octanol–water partition coefficient (Wildman–Crippen LogP) is 3.43. The maximum atomic E-state index is 11.3. The smallest absolute Gasteiger partial charge is 0.119 e. The minimum absolute atomic E-state index is 0.693. The molecule has 0 aliphatic carbocycles. The van der Waals surface area contributed by atoms with Gasteiger partial charge in [0.2, 0.25) is 0 Å². The minimum atomic E-state index is -0.862. The van der Waals surface area contributed by atoms with Gasteiger partial charge in [0.1, 0.15) is 5.75 Å². The van der Waals surface area contributed by atoms with E-state index >= 15 is 0 Å². The van der Waals surface area contributed by atoms with Crippen molar-refractivity contribution in [3.05, 3.63) is 40.6 Å². The molecule has 4 heteroatoms. The molecule has 94 valence electrons. The minimum Gasteiger partial charge on any atom is -0.494 e. The zero-order chi connectivity index (χ0) is 12.5. The Kier molecular flexibility index (Phi) is 7.05. The van der Waals surface area contributed by atoms with Gasteiger partial charge in [-0.2, -0.15) is 0 Å². The number of para-hydroxylation sites is 1. The van der Waals surface area contributed by atoms with E-state index in [0.29, 0.717) is 6.61 Å². The van der Waals surface area contributed by atoms with Gasteiger partial charge in [-0.05, 0) is 31.2 Å². The molecule has 1 aromatic carbocycles. The van der Waals surface area contributed by atoms with Crippen molar-refractivity contribution in [2.75, 3.05) is 19.1 Å². The Labute approximate surface area is 110 Å². The van der Waals surface area contributed by atoms with Crippen molar-refractivity contribution in [2.24, 2.45) is 0 Å². The first kappa shape index (κ1) is 14.3. The molecule has 0 saturated carbocycles. The molecule has 0 aliphatic rings. The molecule has 1 rings (SSSR count). The van der Waals surface area contributed by atoms with Crippen LogP contribution in [0, 0.1) is 0 Å². The summed E-state index contributed by atoms with van der Waals surface area (Å²) in [5.74, 6) is 0.903. The van der Waals surface area contributed by atoms with Gasteiger partial charge >= 0.3 is 0 Å². The van der Waals surface area contributed by atoms with Crippen LogP contribution in [0.3, 0.4) is 0 Å². The predicted molar refractivity (Wildman–Crippen MR) is 76.8 cm³/mol. The van der Waals surface area contributed by atoms with Gasteiger partial charge in [-0.25, -0.2) is 0 Å². The van der Waals surface area contributed by atoms with E-state index < -0.39 is 10.8 Å². The van der Waals surface area contributed by atoms with Gasteiger partial charge in [-0.1, -0.05) is 24.3 Å². The number of ether oxygens (including phenoxy) is 1. The van der Waals surface area contributed by atoms with Gasteiger partial charge in [0.05, 0.1) is 21.6 Å². The molecule has 0 heterocycles. The third-order valence-corrected chi connectivity index (χ3v) is 4.66. The van der Waals surface area contributed by atoms with E-state index in [-0.39, 0.29) is 0 Å². The molecule has 2 nitrogen and oxygen atoms in total. The molecule has 0 saturated heterocycles. The fraction of sp³-hybridized carbons (Fsp3) is 0.385. The molecule has 1 unspecified atom stereocenters. The Bertz CT molecular complexity index is 374. The number of benzene rings is 1. The lowest BCUT2D eigenvalue weighted by molar-refractivity contribution is 0.312. The number of thioether (sulfide) groups is 1. The average Bonchev–Trinajstić information content (AvgIpc) is 2.34. The van der Waals surface area contributed by atoms with Gasteiger partial charge in [0.15, 0.2) is 0 Å². The largest absolute Gasteiger partial charge is 0.494 e. The summed E-state index contributed by atoms with van der Waals surface area (Å²) in [4.78, 5) is 0. The van der Waals surface area contributed by atoms with Gasteiger partial charge in [-0.3, -0.25) is 4.21 Å². The van der Waals surface area contributed by atoms with E-state index in [1.807, 2.05) is 42.7 Å². The van der Waals surface area contributed by atoms with Crippen LogP contribution >= 0.6 is 11.8 Å². The summed E-state index contributed by atoms with van der Waals surface area (Å²) in [6.45, 7) is 0.693. The molecule has 0 fully saturated rings. The summed E-state index contributed by atoms with van der Waals surface area (Å²) in [5, 5.41) is 0. The van der Waals surface area contributed by atoms with Crippen LogP contribution in [0.1, 0.15) is 12.8 Å². The summed E-state index contributed by atoms with van der Waals surface area (Å²) in [5.41, 5.74) is 0. The number of unbranched alkanes of at least 4 members (excludes halogenated alkanes) is 1. The van der Waals surface area contributed by atoms with E-state index in [1.54, 1.807) is 18.0 Å². The molecule has 0 aromatic heterocycles. The zero-order valence-corrected chi connectivity index (χ0v) is 11.9. The van der Waals surface area contributed by atoms with E-state index in [9.17, 15) is 4.21 Å². The quantitative estimate of drug-likeness (QED) is 0.710. The Morgan fingerprint density at radius 1 is 1.41 bits per heavy atom. The average molecular weight is 270 g/mol. The first-order valence-electron chi connectivity index (χ1n) is 5.49. The third kappa shape index (κ3) is 5.94. The van der Waals surface area contributed by atoms with Crippen LogP contribution in [0.2, 0.25) is 0 Å². The van der Waals surface area contributed by atoms with Crippen LogP contribution in [0.5, 0.6) is 5.75 Å². The van der Waals surface area contributed by atoms with Crippen LogP contribution in [0.15, 0.2) is 40.6 Å². The Hall–Kier alpha value is -0.740. The highest BCUT2D eigenvalue weighted by atomic mass is 32.2. The van der Waals surface area contributed by atoms with Crippen LogP contribution in [0.4, 0.5) is 0 Å². The second-order valence-corrected chi connectivity index (χ2v) is 5.94. The summed E-state index contributed by atoms with van der Waals surface area (Å²) in [6.07, 6.45) is 7.55. The Morgan fingerprint density at radius 3 is 2.71 bits per heavy atom. The second kappa shape index (κ2) is 8.37. The fourth-order valence-corrected chi connectivity index (χ4v) is 2.90. The molecule has 0 spiro atoms. The van der Waals surface area contributed by atoms with E-state index in [2.05, 4.69) is 0 Å². The standard InChI is InChI=1S/C13H18O2S2/c1-16-13(17(2)14)10-6-7-11-15-12-8-4-3-5-9-12/h3-5,8-10H,6-7,11H2,1-2H3/b13-10+. The molecular weight excluding hydrogens is 252 g/mol. The molecule has 1 aromatic rings. The number of hydrogen-bond acceptors (Lipinski definition) is 3.